The smallest absolute Gasteiger partial charge is 0.200 e. The highest BCUT2D eigenvalue weighted by atomic mass is 19.2. The average molecular weight is 294 g/mol. The van der Waals surface area contributed by atoms with Crippen molar-refractivity contribution in [3.8, 4) is 0 Å². The molecule has 1 aromatic rings. The lowest BCUT2D eigenvalue weighted by atomic mass is 10.1. The van der Waals surface area contributed by atoms with E-state index in [0.717, 1.165) is 24.1 Å². The van der Waals surface area contributed by atoms with Gasteiger partial charge >= 0.3 is 0 Å². The second-order valence-electron chi connectivity index (χ2n) is 4.45. The first-order chi connectivity index (χ1) is 9.52. The monoisotopic (exact) mass is 294 g/mol. The van der Waals surface area contributed by atoms with Gasteiger partial charge in [-0.3, -0.25) is 0 Å². The van der Waals surface area contributed by atoms with Gasteiger partial charge in [0.2, 0.25) is 5.82 Å². The molecule has 0 unspecified atom stereocenters. The van der Waals surface area contributed by atoms with Crippen LogP contribution < -0.4 is 4.90 Å². The van der Waals surface area contributed by atoms with Crippen molar-refractivity contribution in [2.75, 3.05) is 32.8 Å². The molecule has 1 aromatic carbocycles. The molecular formula is C13H13F5NO+. The molecule has 0 aromatic heterocycles. The first-order valence-corrected chi connectivity index (χ1v) is 6.11. The van der Waals surface area contributed by atoms with Crippen molar-refractivity contribution in [2.45, 2.75) is 0 Å². The molecule has 7 heteroatoms. The van der Waals surface area contributed by atoms with Gasteiger partial charge in [-0.25, -0.2) is 22.0 Å². The Morgan fingerprint density at radius 1 is 0.850 bits per heavy atom. The van der Waals surface area contributed by atoms with E-state index in [1.54, 1.807) is 0 Å². The van der Waals surface area contributed by atoms with Gasteiger partial charge in [0.25, 0.3) is 0 Å². The summed E-state index contributed by atoms with van der Waals surface area (Å²) in [6.07, 6.45) is 2.33. The summed E-state index contributed by atoms with van der Waals surface area (Å²) >= 11 is 0. The molecule has 1 aliphatic heterocycles. The number of rotatable bonds is 3. The second-order valence-corrected chi connectivity index (χ2v) is 4.45. The summed E-state index contributed by atoms with van der Waals surface area (Å²) in [4.78, 5) is 1.12. The molecule has 20 heavy (non-hydrogen) atoms. The molecule has 0 bridgehead atoms. The van der Waals surface area contributed by atoms with E-state index in [2.05, 4.69) is 0 Å². The Labute approximate surface area is 112 Å². The third-order valence-electron chi connectivity index (χ3n) is 3.13. The summed E-state index contributed by atoms with van der Waals surface area (Å²) in [7, 11) is 0. The van der Waals surface area contributed by atoms with E-state index < -0.39 is 34.6 Å². The fraction of sp³-hybridized carbons (Fsp3) is 0.385. The van der Waals surface area contributed by atoms with Crippen LogP contribution in [-0.4, -0.2) is 32.8 Å². The highest BCUT2D eigenvalue weighted by Crippen LogP contribution is 2.23. The topological polar surface area (TPSA) is 13.7 Å². The van der Waals surface area contributed by atoms with Crippen LogP contribution in [0.4, 0.5) is 22.0 Å². The van der Waals surface area contributed by atoms with Gasteiger partial charge in [-0.2, -0.15) is 0 Å². The first-order valence-electron chi connectivity index (χ1n) is 6.11. The maximum absolute atomic E-state index is 13.4. The van der Waals surface area contributed by atoms with Crippen molar-refractivity contribution in [2.24, 2.45) is 0 Å². The Hall–Kier alpha value is -1.47. The number of halogens is 5. The summed E-state index contributed by atoms with van der Waals surface area (Å²) in [6.45, 7) is 3.09. The van der Waals surface area contributed by atoms with E-state index in [0.29, 0.717) is 19.8 Å². The number of quaternary nitrogens is 1. The van der Waals surface area contributed by atoms with Gasteiger partial charge in [-0.1, -0.05) is 0 Å². The second kappa shape index (κ2) is 6.32. The molecule has 1 fully saturated rings. The van der Waals surface area contributed by atoms with E-state index in [9.17, 15) is 22.0 Å². The Bertz CT molecular complexity index is 497. The summed E-state index contributed by atoms with van der Waals surface area (Å²) in [6, 6.07) is 0. The number of ether oxygens (including phenoxy) is 1. The van der Waals surface area contributed by atoms with Crippen LogP contribution in [0.5, 0.6) is 0 Å². The molecule has 0 saturated carbocycles. The van der Waals surface area contributed by atoms with Crippen LogP contribution in [0.25, 0.3) is 6.08 Å². The van der Waals surface area contributed by atoms with Crippen molar-refractivity contribution in [1.29, 1.82) is 0 Å². The van der Waals surface area contributed by atoms with Gasteiger partial charge in [0.05, 0.1) is 25.3 Å². The molecule has 0 atom stereocenters. The number of hydrogen-bond acceptors (Lipinski definition) is 1. The highest BCUT2D eigenvalue weighted by Gasteiger charge is 2.24. The molecule has 1 saturated heterocycles. The van der Waals surface area contributed by atoms with Gasteiger partial charge in [-0.15, -0.1) is 0 Å². The van der Waals surface area contributed by atoms with Crippen LogP contribution in [0.3, 0.4) is 0 Å². The molecule has 2 rings (SSSR count). The van der Waals surface area contributed by atoms with Gasteiger partial charge < -0.3 is 9.64 Å². The SMILES string of the molecule is Fc1c(F)c(F)c(/C=C/C[NH+]2CCOCC2)c(F)c1F. The van der Waals surface area contributed by atoms with Crippen LogP contribution in [0, 0.1) is 29.1 Å². The molecule has 1 aliphatic rings. The largest absolute Gasteiger partial charge is 0.370 e. The minimum absolute atomic E-state index is 0.433. The number of morpholine rings is 1. The van der Waals surface area contributed by atoms with Crippen molar-refractivity contribution >= 4 is 6.08 Å². The lowest BCUT2D eigenvalue weighted by Crippen LogP contribution is -3.13. The Morgan fingerprint density at radius 2 is 1.35 bits per heavy atom. The van der Waals surface area contributed by atoms with E-state index in [-0.39, 0.29) is 0 Å². The minimum atomic E-state index is -2.14. The van der Waals surface area contributed by atoms with E-state index >= 15 is 0 Å². The summed E-state index contributed by atoms with van der Waals surface area (Å²) < 4.78 is 70.7. The molecule has 1 N–H and O–H groups in total. The van der Waals surface area contributed by atoms with Gasteiger partial charge in [0.15, 0.2) is 23.3 Å². The Kier molecular flexibility index (Phi) is 4.72. The van der Waals surface area contributed by atoms with Crippen molar-refractivity contribution in [1.82, 2.24) is 0 Å². The third-order valence-corrected chi connectivity index (χ3v) is 3.13. The van der Waals surface area contributed by atoms with Crippen LogP contribution >= 0.6 is 0 Å². The molecule has 1 heterocycles. The standard InChI is InChI=1S/C13H12F5NO/c14-9-8(10(15)12(17)13(18)11(9)16)2-1-3-19-4-6-20-7-5-19/h1-2H,3-7H2/p+1/b2-1+. The predicted octanol–water partition coefficient (Wildman–Crippen LogP) is 1.31. The maximum atomic E-state index is 13.4. The summed E-state index contributed by atoms with van der Waals surface area (Å²) in [5.74, 6) is -9.62. The normalized spacial score (nSPS) is 17.1. The quantitative estimate of drug-likeness (QED) is 0.504. The zero-order chi connectivity index (χ0) is 14.7. The zero-order valence-electron chi connectivity index (χ0n) is 10.5. The van der Waals surface area contributed by atoms with Crippen molar-refractivity contribution in [3.63, 3.8) is 0 Å². The molecule has 0 spiro atoms. The maximum Gasteiger partial charge on any atom is 0.200 e. The fourth-order valence-corrected chi connectivity index (χ4v) is 1.98. The average Bonchev–Trinajstić information content (AvgIpc) is 2.48. The first kappa shape index (κ1) is 14.9. The predicted molar refractivity (Wildman–Crippen MR) is 61.6 cm³/mol. The van der Waals surface area contributed by atoms with E-state index in [4.69, 9.17) is 4.74 Å². The van der Waals surface area contributed by atoms with Gasteiger partial charge in [0.1, 0.15) is 13.1 Å². The van der Waals surface area contributed by atoms with Crippen molar-refractivity contribution < 1.29 is 31.6 Å². The molecule has 0 aliphatic carbocycles. The molecular weight excluding hydrogens is 281 g/mol. The molecule has 0 radical (unpaired) electrons. The van der Waals surface area contributed by atoms with E-state index in [1.165, 1.54) is 6.08 Å². The minimum Gasteiger partial charge on any atom is -0.370 e. The third kappa shape index (κ3) is 2.99. The van der Waals surface area contributed by atoms with Gasteiger partial charge in [0, 0.05) is 0 Å². The highest BCUT2D eigenvalue weighted by molar-refractivity contribution is 5.51. The number of nitrogens with one attached hydrogen (secondary N) is 1. The van der Waals surface area contributed by atoms with E-state index in [1.807, 2.05) is 0 Å². The van der Waals surface area contributed by atoms with Crippen LogP contribution in [0.15, 0.2) is 6.08 Å². The summed E-state index contributed by atoms with van der Waals surface area (Å²) in [5.41, 5.74) is -0.908. The number of hydrogen-bond donors (Lipinski definition) is 1. The van der Waals surface area contributed by atoms with Crippen LogP contribution in [0.1, 0.15) is 5.56 Å². The Balaban J connectivity index is 2.16. The number of benzene rings is 1. The van der Waals surface area contributed by atoms with Crippen molar-refractivity contribution in [3.05, 3.63) is 40.7 Å². The van der Waals surface area contributed by atoms with Crippen LogP contribution in [-0.2, 0) is 4.74 Å². The Morgan fingerprint density at radius 3 is 1.90 bits per heavy atom. The molecule has 110 valence electrons. The summed E-state index contributed by atoms with van der Waals surface area (Å²) in [5, 5.41) is 0. The lowest BCUT2D eigenvalue weighted by molar-refractivity contribution is -0.902. The fourth-order valence-electron chi connectivity index (χ4n) is 1.98. The van der Waals surface area contributed by atoms with Gasteiger partial charge in [-0.05, 0) is 12.2 Å². The van der Waals surface area contributed by atoms with Crippen LogP contribution in [0.2, 0.25) is 0 Å². The molecule has 2 nitrogen and oxygen atoms in total. The molecule has 0 amide bonds. The lowest BCUT2D eigenvalue weighted by Gasteiger charge is -2.22. The zero-order valence-corrected chi connectivity index (χ0v) is 10.5.